The van der Waals surface area contributed by atoms with Crippen molar-refractivity contribution in [2.45, 2.75) is 45.1 Å². The number of esters is 1. The van der Waals surface area contributed by atoms with Crippen molar-refractivity contribution in [3.8, 4) is 0 Å². The predicted molar refractivity (Wildman–Crippen MR) is 66.6 cm³/mol. The average Bonchev–Trinajstić information content (AvgIpc) is 2.37. The highest BCUT2D eigenvalue weighted by molar-refractivity contribution is 5.80. The fourth-order valence-electron chi connectivity index (χ4n) is 1.77. The number of hydrogen-bond acceptors (Lipinski definition) is 4. The molecule has 6 nitrogen and oxygen atoms in total. The average molecular weight is 242 g/mol. The Balaban J connectivity index is 4.54. The van der Waals surface area contributed by atoms with Gasteiger partial charge in [-0.2, -0.15) is 0 Å². The minimum Gasteiger partial charge on any atom is -0.468 e. The largest absolute Gasteiger partial charge is 0.468 e. The lowest BCUT2D eigenvalue weighted by atomic mass is 9.89. The first-order valence-corrected chi connectivity index (χ1v) is 6.01. The van der Waals surface area contributed by atoms with Crippen molar-refractivity contribution in [1.29, 1.82) is 0 Å². The van der Waals surface area contributed by atoms with Gasteiger partial charge in [-0.05, 0) is 18.4 Å². The maximum absolute atomic E-state index is 11.8. The van der Waals surface area contributed by atoms with E-state index in [-0.39, 0.29) is 5.97 Å². The Morgan fingerprint density at radius 2 is 2.24 bits per heavy atom. The first kappa shape index (κ1) is 15.7. The second-order valence-corrected chi connectivity index (χ2v) is 3.91. The van der Waals surface area contributed by atoms with Gasteiger partial charge in [-0.25, -0.2) is 0 Å². The summed E-state index contributed by atoms with van der Waals surface area (Å²) >= 11 is 0. The summed E-state index contributed by atoms with van der Waals surface area (Å²) in [4.78, 5) is 14.5. The number of carbonyl (C=O) groups excluding carboxylic acids is 1. The molecular formula is C11H22N4O2. The lowest BCUT2D eigenvalue weighted by molar-refractivity contribution is -0.149. The van der Waals surface area contributed by atoms with Crippen LogP contribution in [0.1, 0.15) is 39.5 Å². The fourth-order valence-corrected chi connectivity index (χ4v) is 1.77. The lowest BCUT2D eigenvalue weighted by Crippen LogP contribution is -2.53. The van der Waals surface area contributed by atoms with E-state index in [1.54, 1.807) is 0 Å². The van der Waals surface area contributed by atoms with Gasteiger partial charge in [0.1, 0.15) is 5.54 Å². The molecular weight excluding hydrogens is 220 g/mol. The molecule has 0 bridgehead atoms. The number of carbonyl (C=O) groups is 1. The second kappa shape index (κ2) is 8.84. The van der Waals surface area contributed by atoms with E-state index in [4.69, 9.17) is 10.3 Å². The van der Waals surface area contributed by atoms with Gasteiger partial charge in [0.15, 0.2) is 0 Å². The summed E-state index contributed by atoms with van der Waals surface area (Å²) in [5.41, 5.74) is 7.55. The molecule has 1 unspecified atom stereocenters. The van der Waals surface area contributed by atoms with Crippen LogP contribution in [-0.2, 0) is 9.53 Å². The van der Waals surface area contributed by atoms with Crippen LogP contribution in [0.15, 0.2) is 5.11 Å². The quantitative estimate of drug-likeness (QED) is 0.221. The number of nitrogens with zero attached hydrogens (tertiary/aromatic N) is 3. The summed E-state index contributed by atoms with van der Waals surface area (Å²) in [6.45, 7) is 4.85. The summed E-state index contributed by atoms with van der Waals surface area (Å²) in [6.07, 6.45) is 3.38. The molecule has 0 saturated carbocycles. The van der Waals surface area contributed by atoms with Gasteiger partial charge in [-0.3, -0.25) is 4.79 Å². The van der Waals surface area contributed by atoms with E-state index in [2.05, 4.69) is 22.3 Å². The molecule has 0 rings (SSSR count). The first-order chi connectivity index (χ1) is 8.16. The van der Waals surface area contributed by atoms with E-state index in [1.165, 1.54) is 7.11 Å². The number of nitrogens with one attached hydrogen (secondary N) is 1. The van der Waals surface area contributed by atoms with Crippen LogP contribution in [0.25, 0.3) is 10.4 Å². The molecule has 17 heavy (non-hydrogen) atoms. The van der Waals surface area contributed by atoms with Gasteiger partial charge in [0.25, 0.3) is 0 Å². The highest BCUT2D eigenvalue weighted by Crippen LogP contribution is 2.20. The smallest absolute Gasteiger partial charge is 0.326 e. The van der Waals surface area contributed by atoms with Crippen molar-refractivity contribution in [3.05, 3.63) is 10.4 Å². The van der Waals surface area contributed by atoms with Crippen molar-refractivity contribution < 1.29 is 9.53 Å². The Hall–Kier alpha value is -1.26. The third kappa shape index (κ3) is 5.06. The molecule has 98 valence electrons. The molecule has 0 aromatic carbocycles. The molecule has 0 aromatic heterocycles. The minimum absolute atomic E-state index is 0.241. The van der Waals surface area contributed by atoms with Crippen molar-refractivity contribution in [1.82, 2.24) is 5.32 Å². The van der Waals surface area contributed by atoms with Gasteiger partial charge in [-0.1, -0.05) is 31.8 Å². The minimum atomic E-state index is -0.643. The maximum atomic E-state index is 11.8. The second-order valence-electron chi connectivity index (χ2n) is 3.91. The monoisotopic (exact) mass is 242 g/mol. The molecule has 0 radical (unpaired) electrons. The Kier molecular flexibility index (Phi) is 8.19. The van der Waals surface area contributed by atoms with Crippen LogP contribution in [-0.4, -0.2) is 31.7 Å². The molecule has 1 N–H and O–H groups in total. The van der Waals surface area contributed by atoms with E-state index >= 15 is 0 Å². The summed E-state index contributed by atoms with van der Waals surface area (Å²) in [7, 11) is 1.40. The van der Waals surface area contributed by atoms with Crippen molar-refractivity contribution in [2.75, 3.05) is 20.2 Å². The Bertz CT molecular complexity index is 277. The van der Waals surface area contributed by atoms with E-state index < -0.39 is 5.54 Å². The van der Waals surface area contributed by atoms with Gasteiger partial charge >= 0.3 is 5.97 Å². The van der Waals surface area contributed by atoms with E-state index in [0.29, 0.717) is 19.5 Å². The Morgan fingerprint density at radius 1 is 1.53 bits per heavy atom. The molecule has 0 heterocycles. The van der Waals surface area contributed by atoms with Crippen LogP contribution >= 0.6 is 0 Å². The highest BCUT2D eigenvalue weighted by Gasteiger charge is 2.36. The standard InChI is InChI=1S/C11H22N4O2/c1-4-6-7-11(5-2,10(16)17-3)13-8-9-14-15-12/h13H,4-9H2,1-3H3. The molecule has 0 fully saturated rings. The van der Waals surface area contributed by atoms with Crippen LogP contribution in [0.4, 0.5) is 0 Å². The van der Waals surface area contributed by atoms with Gasteiger partial charge in [0.05, 0.1) is 7.11 Å². The van der Waals surface area contributed by atoms with Crippen LogP contribution in [0.2, 0.25) is 0 Å². The van der Waals surface area contributed by atoms with Gasteiger partial charge in [-0.15, -0.1) is 0 Å². The number of azide groups is 1. The van der Waals surface area contributed by atoms with Crippen molar-refractivity contribution in [2.24, 2.45) is 5.11 Å². The van der Waals surface area contributed by atoms with Crippen molar-refractivity contribution >= 4 is 5.97 Å². The lowest BCUT2D eigenvalue weighted by Gasteiger charge is -2.31. The van der Waals surface area contributed by atoms with E-state index in [1.807, 2.05) is 6.92 Å². The number of hydrogen-bond donors (Lipinski definition) is 1. The molecule has 0 aliphatic carbocycles. The molecule has 0 aliphatic rings. The Morgan fingerprint density at radius 3 is 2.71 bits per heavy atom. The Labute approximate surface area is 102 Å². The highest BCUT2D eigenvalue weighted by atomic mass is 16.5. The zero-order valence-corrected chi connectivity index (χ0v) is 10.9. The summed E-state index contributed by atoms with van der Waals surface area (Å²) in [5.74, 6) is -0.241. The summed E-state index contributed by atoms with van der Waals surface area (Å²) < 4.78 is 4.86. The zero-order valence-electron chi connectivity index (χ0n) is 10.9. The van der Waals surface area contributed by atoms with Crippen molar-refractivity contribution in [3.63, 3.8) is 0 Å². The SMILES string of the molecule is CCCCC(CC)(NCCN=[N+]=[N-])C(=O)OC. The number of unbranched alkanes of at least 4 members (excludes halogenated alkanes) is 1. The summed E-state index contributed by atoms with van der Waals surface area (Å²) in [5, 5.41) is 6.60. The van der Waals surface area contributed by atoms with Gasteiger partial charge in [0, 0.05) is 18.0 Å². The van der Waals surface area contributed by atoms with Crippen LogP contribution < -0.4 is 5.32 Å². The van der Waals surface area contributed by atoms with Gasteiger partial charge < -0.3 is 10.1 Å². The molecule has 0 amide bonds. The van der Waals surface area contributed by atoms with E-state index in [9.17, 15) is 4.79 Å². The van der Waals surface area contributed by atoms with Crippen LogP contribution in [0, 0.1) is 0 Å². The topological polar surface area (TPSA) is 87.1 Å². The van der Waals surface area contributed by atoms with Gasteiger partial charge in [0.2, 0.25) is 0 Å². The predicted octanol–water partition coefficient (Wildman–Crippen LogP) is 2.40. The number of rotatable bonds is 9. The third-order valence-electron chi connectivity index (χ3n) is 2.88. The molecule has 0 aromatic rings. The van der Waals surface area contributed by atoms with Crippen LogP contribution in [0.5, 0.6) is 0 Å². The third-order valence-corrected chi connectivity index (χ3v) is 2.88. The first-order valence-electron chi connectivity index (χ1n) is 6.01. The number of ether oxygens (including phenoxy) is 1. The normalized spacial score (nSPS) is 13.6. The summed E-state index contributed by atoms with van der Waals surface area (Å²) in [6, 6.07) is 0. The molecule has 1 atom stereocenters. The molecule has 6 heteroatoms. The maximum Gasteiger partial charge on any atom is 0.326 e. The zero-order chi connectivity index (χ0) is 13.1. The molecule has 0 aliphatic heterocycles. The molecule has 0 saturated heterocycles. The number of methoxy groups -OCH3 is 1. The van der Waals surface area contributed by atoms with Crippen LogP contribution in [0.3, 0.4) is 0 Å². The molecule has 0 spiro atoms. The fraction of sp³-hybridized carbons (Fsp3) is 0.909. The van der Waals surface area contributed by atoms with E-state index in [0.717, 1.165) is 19.3 Å².